The maximum absolute atomic E-state index is 13.1. The highest BCUT2D eigenvalue weighted by Gasteiger charge is 2.76. The molecule has 2 aliphatic heterocycles. The van der Waals surface area contributed by atoms with E-state index in [1.807, 2.05) is 25.7 Å². The second kappa shape index (κ2) is 3.37. The maximum Gasteiger partial charge on any atom is 0.255 e. The van der Waals surface area contributed by atoms with Crippen LogP contribution in [0.3, 0.4) is 0 Å². The van der Waals surface area contributed by atoms with Crippen molar-refractivity contribution in [2.45, 2.75) is 57.7 Å². The summed E-state index contributed by atoms with van der Waals surface area (Å²) in [6.07, 6.45) is 0.117. The Morgan fingerprint density at radius 3 is 2.19 bits per heavy atom. The molecule has 3 unspecified atom stereocenters. The van der Waals surface area contributed by atoms with Crippen LogP contribution in [0.4, 0.5) is 13.2 Å². The highest BCUT2D eigenvalue weighted by atomic mass is 19.3. The predicted octanol–water partition coefficient (Wildman–Crippen LogP) is 3.24. The van der Waals surface area contributed by atoms with Gasteiger partial charge in [-0.15, -0.1) is 0 Å². The molecule has 0 radical (unpaired) electrons. The second-order valence-corrected chi connectivity index (χ2v) is 5.52. The molecule has 1 aliphatic carbocycles. The predicted molar refractivity (Wildman–Crippen MR) is 57.5 cm³/mol. The lowest BCUT2D eigenvalue weighted by molar-refractivity contribution is 0.0645. The lowest BCUT2D eigenvalue weighted by Crippen LogP contribution is -2.34. The minimum Gasteiger partial charge on any atom is -0.294 e. The number of alkyl halides is 3. The molecule has 0 amide bonds. The molecule has 0 aromatic heterocycles. The third-order valence-electron chi connectivity index (χ3n) is 4.27. The summed E-state index contributed by atoms with van der Waals surface area (Å²) >= 11 is 0. The molecule has 4 heteroatoms. The number of fused-ring (bicyclic) bond motifs is 1. The molecule has 1 saturated carbocycles. The van der Waals surface area contributed by atoms with Gasteiger partial charge in [0.1, 0.15) is 6.17 Å². The molecule has 3 atom stereocenters. The molecule has 0 N–H and O–H groups in total. The van der Waals surface area contributed by atoms with Gasteiger partial charge < -0.3 is 0 Å². The fourth-order valence-electron chi connectivity index (χ4n) is 3.46. The van der Waals surface area contributed by atoms with Crippen LogP contribution in [-0.2, 0) is 0 Å². The number of nitrogens with zero attached hydrogens (tertiary/aromatic N) is 1. The zero-order valence-corrected chi connectivity index (χ0v) is 10.2. The van der Waals surface area contributed by atoms with Gasteiger partial charge in [-0.2, -0.15) is 0 Å². The fourth-order valence-corrected chi connectivity index (χ4v) is 3.46. The molecule has 3 aliphatic rings. The molecule has 2 heterocycles. The van der Waals surface area contributed by atoms with Crippen LogP contribution < -0.4 is 0 Å². The summed E-state index contributed by atoms with van der Waals surface area (Å²) in [4.78, 5) is 1.93. The third-order valence-corrected chi connectivity index (χ3v) is 4.27. The Morgan fingerprint density at radius 1 is 1.19 bits per heavy atom. The van der Waals surface area contributed by atoms with E-state index in [2.05, 4.69) is 0 Å². The first-order chi connectivity index (χ1) is 7.37. The molecular weight excluding hydrogens is 215 g/mol. The summed E-state index contributed by atoms with van der Waals surface area (Å²) in [5, 5.41) is 0. The number of hydrogen-bond donors (Lipinski definition) is 0. The zero-order chi connectivity index (χ0) is 12.2. The average Bonchev–Trinajstić information content (AvgIpc) is 2.42. The van der Waals surface area contributed by atoms with Crippen LogP contribution in [0.25, 0.3) is 0 Å². The van der Waals surface area contributed by atoms with E-state index in [1.54, 1.807) is 0 Å². The van der Waals surface area contributed by atoms with Gasteiger partial charge in [0, 0.05) is 25.0 Å². The number of hydrogen-bond acceptors (Lipinski definition) is 1. The van der Waals surface area contributed by atoms with Gasteiger partial charge in [-0.25, -0.2) is 13.2 Å². The average molecular weight is 235 g/mol. The Hall–Kier alpha value is -0.250. The molecule has 3 rings (SSSR count). The summed E-state index contributed by atoms with van der Waals surface area (Å²) in [5.74, 6) is -2.48. The molecule has 3 fully saturated rings. The Labute approximate surface area is 95.0 Å². The molecule has 94 valence electrons. The number of halogens is 3. The van der Waals surface area contributed by atoms with Crippen molar-refractivity contribution >= 4 is 0 Å². The van der Waals surface area contributed by atoms with Crippen molar-refractivity contribution in [3.8, 4) is 0 Å². The van der Waals surface area contributed by atoms with Crippen molar-refractivity contribution in [3.63, 3.8) is 0 Å². The van der Waals surface area contributed by atoms with Gasteiger partial charge in [-0.3, -0.25) is 4.90 Å². The van der Waals surface area contributed by atoms with Crippen molar-refractivity contribution in [1.29, 1.82) is 0 Å². The van der Waals surface area contributed by atoms with Crippen molar-refractivity contribution in [2.24, 2.45) is 5.41 Å². The summed E-state index contributed by atoms with van der Waals surface area (Å²) in [6, 6.07) is 0. The summed E-state index contributed by atoms with van der Waals surface area (Å²) in [6.45, 7) is 6.68. The largest absolute Gasteiger partial charge is 0.294 e. The van der Waals surface area contributed by atoms with Crippen molar-refractivity contribution < 1.29 is 13.2 Å². The van der Waals surface area contributed by atoms with E-state index >= 15 is 0 Å². The van der Waals surface area contributed by atoms with Gasteiger partial charge in [-0.1, -0.05) is 13.8 Å². The Kier molecular flexibility index (Phi) is 2.58. The Morgan fingerprint density at radius 2 is 1.75 bits per heavy atom. The van der Waals surface area contributed by atoms with Crippen molar-refractivity contribution in [1.82, 2.24) is 4.90 Å². The van der Waals surface area contributed by atoms with Crippen LogP contribution in [0.1, 0.15) is 40.0 Å². The van der Waals surface area contributed by atoms with Crippen LogP contribution in [0.5, 0.6) is 0 Å². The Bertz CT molecular complexity index is 294. The van der Waals surface area contributed by atoms with Gasteiger partial charge in [0.25, 0.3) is 5.92 Å². The third kappa shape index (κ3) is 1.49. The molecule has 16 heavy (non-hydrogen) atoms. The van der Waals surface area contributed by atoms with Crippen LogP contribution in [0.2, 0.25) is 0 Å². The monoisotopic (exact) mass is 235 g/mol. The van der Waals surface area contributed by atoms with Crippen LogP contribution >= 0.6 is 0 Å². The quantitative estimate of drug-likeness (QED) is 0.623. The molecule has 0 bridgehead atoms. The van der Waals surface area contributed by atoms with Crippen molar-refractivity contribution in [3.05, 3.63) is 0 Å². The van der Waals surface area contributed by atoms with E-state index in [0.29, 0.717) is 25.9 Å². The maximum atomic E-state index is 13.1. The second-order valence-electron chi connectivity index (χ2n) is 5.52. The van der Waals surface area contributed by atoms with Gasteiger partial charge in [0.2, 0.25) is 0 Å². The molecule has 0 aromatic carbocycles. The lowest BCUT2D eigenvalue weighted by Gasteiger charge is -2.25. The first-order valence-corrected chi connectivity index (χ1v) is 6.14. The van der Waals surface area contributed by atoms with E-state index < -0.39 is 17.5 Å². The lowest BCUT2D eigenvalue weighted by atomic mass is 9.90. The smallest absolute Gasteiger partial charge is 0.255 e. The van der Waals surface area contributed by atoms with E-state index in [1.165, 1.54) is 0 Å². The van der Waals surface area contributed by atoms with Gasteiger partial charge >= 0.3 is 0 Å². The fraction of sp³-hybridized carbons (Fsp3) is 1.00. The van der Waals surface area contributed by atoms with Gasteiger partial charge in [0.05, 0.1) is 5.41 Å². The molecule has 0 aromatic rings. The van der Waals surface area contributed by atoms with Crippen LogP contribution in [0, 0.1) is 5.41 Å². The summed E-state index contributed by atoms with van der Waals surface area (Å²) in [7, 11) is 0. The summed E-state index contributed by atoms with van der Waals surface area (Å²) < 4.78 is 39.4. The number of rotatable bonds is 0. The highest BCUT2D eigenvalue weighted by Crippen LogP contribution is 2.69. The molecular formula is C12H20F3N. The first kappa shape index (κ1) is 12.2. The van der Waals surface area contributed by atoms with Crippen molar-refractivity contribution in [2.75, 3.05) is 13.1 Å². The van der Waals surface area contributed by atoms with E-state index in [9.17, 15) is 13.2 Å². The minimum absolute atomic E-state index is 0.0169. The standard InChI is InChI=1S/C10H14F3N.C2H6/c1-8-2-7(11)3-14(8)6-9(4-8)5-10(9,12)13;1-2/h7H,2-6H2,1H3;1-2H3. The highest BCUT2D eigenvalue weighted by molar-refractivity contribution is 5.21. The zero-order valence-electron chi connectivity index (χ0n) is 10.2. The van der Waals surface area contributed by atoms with Crippen LogP contribution in [0.15, 0.2) is 0 Å². The molecule has 1 spiro atoms. The van der Waals surface area contributed by atoms with E-state index in [0.717, 1.165) is 0 Å². The molecule has 2 saturated heterocycles. The van der Waals surface area contributed by atoms with Crippen LogP contribution in [-0.4, -0.2) is 35.6 Å². The van der Waals surface area contributed by atoms with Gasteiger partial charge in [0.15, 0.2) is 0 Å². The SMILES string of the molecule is CC.CC12CC(F)CN1CC1(C2)CC1(F)F. The topological polar surface area (TPSA) is 3.24 Å². The summed E-state index contributed by atoms with van der Waals surface area (Å²) in [5.41, 5.74) is -1.08. The van der Waals surface area contributed by atoms with E-state index in [-0.39, 0.29) is 12.0 Å². The minimum atomic E-state index is -2.48. The normalized spacial score (nSPS) is 48.8. The first-order valence-electron chi connectivity index (χ1n) is 6.14. The van der Waals surface area contributed by atoms with Gasteiger partial charge in [-0.05, 0) is 19.8 Å². The van der Waals surface area contributed by atoms with E-state index in [4.69, 9.17) is 0 Å². The molecule has 1 nitrogen and oxygen atoms in total. The Balaban J connectivity index is 0.000000457.